The minimum absolute atomic E-state index is 0.187. The van der Waals surface area contributed by atoms with Crippen molar-refractivity contribution < 1.29 is 19.3 Å². The molecule has 0 spiro atoms. The van der Waals surface area contributed by atoms with E-state index < -0.39 is 0 Å². The van der Waals surface area contributed by atoms with Crippen LogP contribution in [0.2, 0.25) is 0 Å². The Hall–Kier alpha value is -0.870. The standard InChI is InChI=1S/C21H38O4/c1-6-10-12-17(7-2)13-11-14-21(9-4)16-18(8-3)19(24-25-21)15-20(22)23-5/h10,12,17-19H,6-9,11,13-16H2,1-5H3/b12-10+/t17?,18-,19-,21+/m0/s1. The van der Waals surface area contributed by atoms with E-state index in [1.165, 1.54) is 20.0 Å². The van der Waals surface area contributed by atoms with Gasteiger partial charge in [0.2, 0.25) is 0 Å². The number of rotatable bonds is 11. The summed E-state index contributed by atoms with van der Waals surface area (Å²) in [5, 5.41) is 0. The molecule has 1 rings (SSSR count). The van der Waals surface area contributed by atoms with Gasteiger partial charge in [-0.1, -0.05) is 46.3 Å². The summed E-state index contributed by atoms with van der Waals surface area (Å²) < 4.78 is 4.78. The first kappa shape index (κ1) is 22.2. The fourth-order valence-electron chi connectivity index (χ4n) is 3.72. The lowest BCUT2D eigenvalue weighted by Crippen LogP contribution is -2.45. The van der Waals surface area contributed by atoms with E-state index >= 15 is 0 Å². The molecule has 4 nitrogen and oxygen atoms in total. The molecular formula is C21H38O4. The Morgan fingerprint density at radius 2 is 2.08 bits per heavy atom. The van der Waals surface area contributed by atoms with Crippen LogP contribution in [0, 0.1) is 11.8 Å². The smallest absolute Gasteiger partial charge is 0.308 e. The van der Waals surface area contributed by atoms with Crippen molar-refractivity contribution in [3.63, 3.8) is 0 Å². The number of hydrogen-bond acceptors (Lipinski definition) is 4. The Morgan fingerprint density at radius 1 is 1.32 bits per heavy atom. The summed E-state index contributed by atoms with van der Waals surface area (Å²) in [5.74, 6) is 0.770. The second-order valence-electron chi connectivity index (χ2n) is 7.30. The van der Waals surface area contributed by atoms with Gasteiger partial charge in [0, 0.05) is 0 Å². The van der Waals surface area contributed by atoms with Crippen molar-refractivity contribution in [1.29, 1.82) is 0 Å². The molecule has 0 aromatic rings. The van der Waals surface area contributed by atoms with E-state index in [2.05, 4.69) is 39.8 Å². The minimum atomic E-state index is -0.232. The monoisotopic (exact) mass is 354 g/mol. The Morgan fingerprint density at radius 3 is 2.64 bits per heavy atom. The van der Waals surface area contributed by atoms with Gasteiger partial charge in [0.25, 0.3) is 0 Å². The molecule has 1 saturated heterocycles. The molecule has 25 heavy (non-hydrogen) atoms. The van der Waals surface area contributed by atoms with Gasteiger partial charge in [-0.05, 0) is 56.8 Å². The van der Waals surface area contributed by atoms with Crippen molar-refractivity contribution in [2.24, 2.45) is 11.8 Å². The summed E-state index contributed by atoms with van der Waals surface area (Å²) in [5.41, 5.74) is -0.208. The first-order valence-corrected chi connectivity index (χ1v) is 10.1. The molecule has 0 aromatic carbocycles. The number of ether oxygens (including phenoxy) is 1. The van der Waals surface area contributed by atoms with Crippen molar-refractivity contribution in [2.75, 3.05) is 7.11 Å². The number of hydrogen-bond donors (Lipinski definition) is 0. The van der Waals surface area contributed by atoms with Crippen molar-refractivity contribution in [3.05, 3.63) is 12.2 Å². The highest BCUT2D eigenvalue weighted by atomic mass is 17.2. The second-order valence-corrected chi connectivity index (χ2v) is 7.30. The molecule has 0 amide bonds. The predicted octanol–water partition coefficient (Wildman–Crippen LogP) is 5.61. The highest BCUT2D eigenvalue weighted by molar-refractivity contribution is 5.69. The largest absolute Gasteiger partial charge is 0.469 e. The summed E-state index contributed by atoms with van der Waals surface area (Å²) in [6, 6.07) is 0. The predicted molar refractivity (Wildman–Crippen MR) is 101 cm³/mol. The number of esters is 1. The van der Waals surface area contributed by atoms with E-state index in [9.17, 15) is 4.79 Å². The van der Waals surface area contributed by atoms with Gasteiger partial charge in [-0.25, -0.2) is 9.78 Å². The maximum atomic E-state index is 11.6. The van der Waals surface area contributed by atoms with Gasteiger partial charge >= 0.3 is 5.97 Å². The van der Waals surface area contributed by atoms with Crippen LogP contribution in [-0.4, -0.2) is 24.8 Å². The fraction of sp³-hybridized carbons (Fsp3) is 0.857. The summed E-state index contributed by atoms with van der Waals surface area (Å²) in [4.78, 5) is 23.1. The van der Waals surface area contributed by atoms with E-state index in [4.69, 9.17) is 14.5 Å². The molecule has 1 heterocycles. The summed E-state index contributed by atoms with van der Waals surface area (Å²) >= 11 is 0. The van der Waals surface area contributed by atoms with Gasteiger partial charge in [-0.3, -0.25) is 4.79 Å². The van der Waals surface area contributed by atoms with Crippen molar-refractivity contribution in [1.82, 2.24) is 0 Å². The van der Waals surface area contributed by atoms with Crippen LogP contribution in [0.5, 0.6) is 0 Å². The van der Waals surface area contributed by atoms with Gasteiger partial charge in [-0.15, -0.1) is 0 Å². The molecule has 1 aliphatic heterocycles. The fourth-order valence-corrected chi connectivity index (χ4v) is 3.72. The van der Waals surface area contributed by atoms with Gasteiger partial charge in [0.1, 0.15) is 11.7 Å². The number of carbonyl (C=O) groups excluding carboxylic acids is 1. The lowest BCUT2D eigenvalue weighted by Gasteiger charge is -2.42. The van der Waals surface area contributed by atoms with Crippen LogP contribution in [0.25, 0.3) is 0 Å². The van der Waals surface area contributed by atoms with E-state index in [0.29, 0.717) is 11.8 Å². The third-order valence-corrected chi connectivity index (χ3v) is 5.65. The average molecular weight is 355 g/mol. The summed E-state index contributed by atoms with van der Waals surface area (Å²) in [7, 11) is 1.42. The topological polar surface area (TPSA) is 44.8 Å². The average Bonchev–Trinajstić information content (AvgIpc) is 2.65. The zero-order valence-electron chi connectivity index (χ0n) is 16.9. The zero-order valence-corrected chi connectivity index (χ0v) is 16.9. The van der Waals surface area contributed by atoms with E-state index in [1.807, 2.05) is 0 Å². The molecule has 1 fully saturated rings. The van der Waals surface area contributed by atoms with Gasteiger partial charge < -0.3 is 4.74 Å². The quantitative estimate of drug-likeness (QED) is 0.275. The molecule has 0 N–H and O–H groups in total. The first-order chi connectivity index (χ1) is 12.0. The normalized spacial score (nSPS) is 28.2. The van der Waals surface area contributed by atoms with Crippen LogP contribution in [0.15, 0.2) is 12.2 Å². The van der Waals surface area contributed by atoms with Gasteiger partial charge in [0.15, 0.2) is 0 Å². The van der Waals surface area contributed by atoms with Crippen molar-refractivity contribution in [2.45, 2.75) is 97.2 Å². The highest BCUT2D eigenvalue weighted by Gasteiger charge is 2.42. The van der Waals surface area contributed by atoms with Crippen molar-refractivity contribution >= 4 is 5.97 Å². The first-order valence-electron chi connectivity index (χ1n) is 10.1. The lowest BCUT2D eigenvalue weighted by atomic mass is 9.79. The van der Waals surface area contributed by atoms with Crippen LogP contribution in [0.1, 0.15) is 85.5 Å². The number of carbonyl (C=O) groups is 1. The molecule has 0 aromatic heterocycles. The minimum Gasteiger partial charge on any atom is -0.469 e. The maximum absolute atomic E-state index is 11.6. The molecule has 1 unspecified atom stereocenters. The molecule has 4 atom stereocenters. The van der Waals surface area contributed by atoms with E-state index in [1.54, 1.807) is 0 Å². The second kappa shape index (κ2) is 11.7. The number of allylic oxidation sites excluding steroid dienone is 2. The van der Waals surface area contributed by atoms with E-state index in [0.717, 1.165) is 38.5 Å². The van der Waals surface area contributed by atoms with E-state index in [-0.39, 0.29) is 24.1 Å². The molecule has 146 valence electrons. The third-order valence-electron chi connectivity index (χ3n) is 5.65. The van der Waals surface area contributed by atoms with Gasteiger partial charge in [-0.2, -0.15) is 0 Å². The molecule has 0 bridgehead atoms. The maximum Gasteiger partial charge on any atom is 0.308 e. The summed E-state index contributed by atoms with van der Waals surface area (Å²) in [6.45, 7) is 8.76. The molecular weight excluding hydrogens is 316 g/mol. The Balaban J connectivity index is 2.58. The van der Waals surface area contributed by atoms with Crippen LogP contribution in [0.4, 0.5) is 0 Å². The highest BCUT2D eigenvalue weighted by Crippen LogP contribution is 2.40. The molecule has 0 aliphatic carbocycles. The van der Waals surface area contributed by atoms with Crippen LogP contribution < -0.4 is 0 Å². The van der Waals surface area contributed by atoms with Crippen LogP contribution in [0.3, 0.4) is 0 Å². The van der Waals surface area contributed by atoms with Crippen LogP contribution >= 0.6 is 0 Å². The van der Waals surface area contributed by atoms with Crippen molar-refractivity contribution in [3.8, 4) is 0 Å². The molecule has 0 saturated carbocycles. The third kappa shape index (κ3) is 7.10. The van der Waals surface area contributed by atoms with Gasteiger partial charge in [0.05, 0.1) is 13.5 Å². The Kier molecular flexibility index (Phi) is 10.4. The van der Waals surface area contributed by atoms with Crippen LogP contribution in [-0.2, 0) is 19.3 Å². The molecule has 0 radical (unpaired) electrons. The molecule has 4 heteroatoms. The Bertz CT molecular complexity index is 407. The summed E-state index contributed by atoms with van der Waals surface area (Å²) in [6.07, 6.45) is 13.2. The SMILES string of the molecule is CC/C=C/C(CC)CCC[C@]1(CC)C[C@H](CC)[C@H](CC(=O)OC)OO1. The molecule has 1 aliphatic rings. The Labute approximate surface area is 154 Å². The number of methoxy groups -OCH3 is 1. The zero-order chi connectivity index (χ0) is 18.7. The lowest BCUT2D eigenvalue weighted by molar-refractivity contribution is -0.423.